The van der Waals surface area contributed by atoms with Gasteiger partial charge in [-0.2, -0.15) is 5.26 Å². The summed E-state index contributed by atoms with van der Waals surface area (Å²) < 4.78 is 0. The number of hydrogen-bond donors (Lipinski definition) is 1. The van der Waals surface area contributed by atoms with Crippen LogP contribution in [0.2, 0.25) is 0 Å². The minimum Gasteiger partial charge on any atom is -0.381 e. The van der Waals surface area contributed by atoms with E-state index in [0.717, 1.165) is 28.3 Å². The van der Waals surface area contributed by atoms with Gasteiger partial charge in [0, 0.05) is 41.3 Å². The summed E-state index contributed by atoms with van der Waals surface area (Å²) in [6.45, 7) is 1.43. The Balaban J connectivity index is 1.44. The lowest BCUT2D eigenvalue weighted by atomic mass is 10.0. The Morgan fingerprint density at radius 1 is 1.03 bits per heavy atom. The van der Waals surface area contributed by atoms with Crippen molar-refractivity contribution in [2.24, 2.45) is 0 Å². The van der Waals surface area contributed by atoms with Gasteiger partial charge in [0.15, 0.2) is 0 Å². The van der Waals surface area contributed by atoms with Crippen molar-refractivity contribution in [1.82, 2.24) is 9.88 Å². The highest BCUT2D eigenvalue weighted by Crippen LogP contribution is 2.33. The fraction of sp³-hybridized carbons (Fsp3) is 0.208. The third-order valence-corrected chi connectivity index (χ3v) is 6.31. The van der Waals surface area contributed by atoms with Crippen LogP contribution < -0.4 is 5.32 Å². The normalized spacial score (nSPS) is 14.2. The second-order valence-electron chi connectivity index (χ2n) is 7.16. The molecule has 1 amide bonds. The van der Waals surface area contributed by atoms with Crippen LogP contribution in [0.15, 0.2) is 82.8 Å². The van der Waals surface area contributed by atoms with Gasteiger partial charge in [-0.05, 0) is 49.2 Å². The molecule has 1 aromatic heterocycles. The number of hydrogen-bond acceptors (Lipinski definition) is 5. The van der Waals surface area contributed by atoms with Crippen molar-refractivity contribution >= 4 is 23.4 Å². The maximum Gasteiger partial charge on any atom is 0.255 e. The van der Waals surface area contributed by atoms with E-state index in [1.165, 1.54) is 11.8 Å². The van der Waals surface area contributed by atoms with E-state index >= 15 is 0 Å². The zero-order valence-corrected chi connectivity index (χ0v) is 17.3. The molecule has 1 aliphatic heterocycles. The van der Waals surface area contributed by atoms with E-state index in [1.54, 1.807) is 12.3 Å². The van der Waals surface area contributed by atoms with Crippen LogP contribution in [0.5, 0.6) is 0 Å². The van der Waals surface area contributed by atoms with Gasteiger partial charge < -0.3 is 10.2 Å². The van der Waals surface area contributed by atoms with Gasteiger partial charge in [0.25, 0.3) is 5.91 Å². The number of aromatic nitrogens is 1. The number of nitrogens with zero attached hydrogens (tertiary/aromatic N) is 3. The number of amides is 1. The number of benzene rings is 2. The smallest absolute Gasteiger partial charge is 0.255 e. The third-order valence-electron chi connectivity index (χ3n) is 5.16. The summed E-state index contributed by atoms with van der Waals surface area (Å²) in [6.07, 6.45) is 5.38. The summed E-state index contributed by atoms with van der Waals surface area (Å²) in [5.41, 5.74) is 2.32. The minimum absolute atomic E-state index is 0.0485. The summed E-state index contributed by atoms with van der Waals surface area (Å²) in [5, 5.41) is 12.9. The predicted molar refractivity (Wildman–Crippen MR) is 119 cm³/mol. The first-order chi connectivity index (χ1) is 14.7. The summed E-state index contributed by atoms with van der Waals surface area (Å²) in [6, 6.07) is 21.6. The molecule has 0 aliphatic carbocycles. The second kappa shape index (κ2) is 9.47. The molecular weight excluding hydrogens is 392 g/mol. The first kappa shape index (κ1) is 20.0. The summed E-state index contributed by atoms with van der Waals surface area (Å²) in [5.74, 6) is 0.0485. The van der Waals surface area contributed by atoms with Gasteiger partial charge in [-0.3, -0.25) is 9.78 Å². The van der Waals surface area contributed by atoms with Crippen LogP contribution >= 0.6 is 11.8 Å². The first-order valence-corrected chi connectivity index (χ1v) is 10.8. The van der Waals surface area contributed by atoms with E-state index in [9.17, 15) is 10.1 Å². The van der Waals surface area contributed by atoms with Crippen molar-refractivity contribution in [3.63, 3.8) is 0 Å². The maximum atomic E-state index is 13.2. The van der Waals surface area contributed by atoms with E-state index in [0.29, 0.717) is 30.3 Å². The Hall–Kier alpha value is -3.30. The zero-order valence-electron chi connectivity index (χ0n) is 16.5. The Bertz CT molecular complexity index is 1060. The van der Waals surface area contributed by atoms with Crippen LogP contribution in [0.1, 0.15) is 28.8 Å². The van der Waals surface area contributed by atoms with Crippen LogP contribution in [0.25, 0.3) is 0 Å². The molecule has 0 atom stereocenters. The van der Waals surface area contributed by atoms with Crippen molar-refractivity contribution in [3.05, 3.63) is 84.2 Å². The summed E-state index contributed by atoms with van der Waals surface area (Å²) >= 11 is 1.47. The molecule has 0 bridgehead atoms. The van der Waals surface area contributed by atoms with Crippen LogP contribution in [0, 0.1) is 11.3 Å². The Labute approximate surface area is 180 Å². The largest absolute Gasteiger partial charge is 0.381 e. The molecule has 5 nitrogen and oxygen atoms in total. The highest BCUT2D eigenvalue weighted by atomic mass is 32.2. The van der Waals surface area contributed by atoms with E-state index in [2.05, 4.69) is 16.4 Å². The van der Waals surface area contributed by atoms with Crippen molar-refractivity contribution < 1.29 is 4.79 Å². The predicted octanol–water partition coefficient (Wildman–Crippen LogP) is 4.82. The van der Waals surface area contributed by atoms with Gasteiger partial charge in [-0.15, -0.1) is 0 Å². The SMILES string of the molecule is N#Cc1ccccc1Sc1ccccc1C(=O)N1CCC(Nc2cccnc2)CC1. The van der Waals surface area contributed by atoms with Crippen LogP contribution in [-0.2, 0) is 0 Å². The average molecular weight is 415 g/mol. The van der Waals surface area contributed by atoms with Crippen molar-refractivity contribution in [2.75, 3.05) is 18.4 Å². The number of piperidine rings is 1. The van der Waals surface area contributed by atoms with Crippen molar-refractivity contribution in [1.29, 1.82) is 5.26 Å². The molecule has 1 fully saturated rings. The molecule has 1 saturated heterocycles. The Kier molecular flexibility index (Phi) is 6.31. The molecule has 0 spiro atoms. The van der Waals surface area contributed by atoms with Gasteiger partial charge in [0.05, 0.1) is 16.8 Å². The number of anilines is 1. The Morgan fingerprint density at radius 2 is 1.77 bits per heavy atom. The molecule has 0 saturated carbocycles. The molecule has 150 valence electrons. The lowest BCUT2D eigenvalue weighted by molar-refractivity contribution is 0.0715. The first-order valence-electron chi connectivity index (χ1n) is 9.96. The van der Waals surface area contributed by atoms with Crippen LogP contribution in [0.3, 0.4) is 0 Å². The maximum absolute atomic E-state index is 13.2. The second-order valence-corrected chi connectivity index (χ2v) is 8.24. The standard InChI is InChI=1S/C24H22N4OS/c25-16-18-6-1-3-9-22(18)30-23-10-4-2-8-21(23)24(29)28-14-11-19(12-15-28)27-20-7-5-13-26-17-20/h1-10,13,17,19,27H,11-12,14-15H2. The average Bonchev–Trinajstić information content (AvgIpc) is 2.80. The topological polar surface area (TPSA) is 69.0 Å². The monoisotopic (exact) mass is 414 g/mol. The quantitative estimate of drug-likeness (QED) is 0.648. The molecule has 2 heterocycles. The van der Waals surface area contributed by atoms with Crippen molar-refractivity contribution in [2.45, 2.75) is 28.7 Å². The highest BCUT2D eigenvalue weighted by molar-refractivity contribution is 7.99. The van der Waals surface area contributed by atoms with Crippen molar-refractivity contribution in [3.8, 4) is 6.07 Å². The molecule has 3 aromatic rings. The summed E-state index contributed by atoms with van der Waals surface area (Å²) in [4.78, 5) is 21.1. The van der Waals surface area contributed by atoms with Gasteiger partial charge in [-0.1, -0.05) is 36.0 Å². The number of carbonyl (C=O) groups is 1. The number of rotatable bonds is 5. The van der Waals surface area contributed by atoms with E-state index in [-0.39, 0.29) is 5.91 Å². The lowest BCUT2D eigenvalue weighted by Gasteiger charge is -2.33. The molecule has 30 heavy (non-hydrogen) atoms. The van der Waals surface area contributed by atoms with Gasteiger partial charge >= 0.3 is 0 Å². The molecular formula is C24H22N4OS. The molecule has 0 unspecified atom stereocenters. The number of nitriles is 1. The van der Waals surface area contributed by atoms with E-state index in [4.69, 9.17) is 0 Å². The Morgan fingerprint density at radius 3 is 2.50 bits per heavy atom. The molecule has 4 rings (SSSR count). The van der Waals surface area contributed by atoms with Crippen LogP contribution in [0.4, 0.5) is 5.69 Å². The molecule has 6 heteroatoms. The number of likely N-dealkylation sites (tertiary alicyclic amines) is 1. The number of pyridine rings is 1. The number of carbonyl (C=O) groups excluding carboxylic acids is 1. The van der Waals surface area contributed by atoms with E-state index < -0.39 is 0 Å². The van der Waals surface area contributed by atoms with Crippen LogP contribution in [-0.4, -0.2) is 34.9 Å². The van der Waals surface area contributed by atoms with Gasteiger partial charge in [0.1, 0.15) is 6.07 Å². The minimum atomic E-state index is 0.0485. The summed E-state index contributed by atoms with van der Waals surface area (Å²) in [7, 11) is 0. The molecule has 1 aliphatic rings. The lowest BCUT2D eigenvalue weighted by Crippen LogP contribution is -2.42. The fourth-order valence-electron chi connectivity index (χ4n) is 3.58. The van der Waals surface area contributed by atoms with E-state index in [1.807, 2.05) is 65.7 Å². The van der Waals surface area contributed by atoms with Gasteiger partial charge in [-0.25, -0.2) is 0 Å². The molecule has 1 N–H and O–H groups in total. The third kappa shape index (κ3) is 4.64. The van der Waals surface area contributed by atoms with Gasteiger partial charge in [0.2, 0.25) is 0 Å². The molecule has 0 radical (unpaired) electrons. The molecule has 2 aromatic carbocycles. The highest BCUT2D eigenvalue weighted by Gasteiger charge is 2.25. The zero-order chi connectivity index (χ0) is 20.8. The fourth-order valence-corrected chi connectivity index (χ4v) is 4.60. The number of nitrogens with one attached hydrogen (secondary N) is 1.